The summed E-state index contributed by atoms with van der Waals surface area (Å²) in [6.45, 7) is 3.73. The van der Waals surface area contributed by atoms with Crippen LogP contribution in [0.1, 0.15) is 19.3 Å². The first-order valence-corrected chi connectivity index (χ1v) is 3.59. The molecule has 0 radical (unpaired) electrons. The van der Waals surface area contributed by atoms with Gasteiger partial charge in [-0.25, -0.2) is 4.39 Å². The third-order valence-corrected chi connectivity index (χ3v) is 2.17. The van der Waals surface area contributed by atoms with E-state index in [0.29, 0.717) is 12.8 Å². The molecule has 1 saturated carbocycles. The molecule has 9 heavy (non-hydrogen) atoms. The van der Waals surface area contributed by atoms with E-state index in [1.165, 1.54) is 0 Å². The highest BCUT2D eigenvalue weighted by molar-refractivity contribution is 6.22. The van der Waals surface area contributed by atoms with Crippen LogP contribution in [0.25, 0.3) is 0 Å². The van der Waals surface area contributed by atoms with Gasteiger partial charge >= 0.3 is 0 Å². The van der Waals surface area contributed by atoms with E-state index < -0.39 is 6.17 Å². The maximum atomic E-state index is 12.5. The van der Waals surface area contributed by atoms with Gasteiger partial charge in [0.1, 0.15) is 6.17 Å². The van der Waals surface area contributed by atoms with E-state index >= 15 is 0 Å². The van der Waals surface area contributed by atoms with Crippen LogP contribution >= 0.6 is 11.6 Å². The Morgan fingerprint density at radius 2 is 2.33 bits per heavy atom. The topological polar surface area (TPSA) is 0 Å². The second-order valence-corrected chi connectivity index (χ2v) is 3.02. The van der Waals surface area contributed by atoms with E-state index in [4.69, 9.17) is 11.6 Å². The van der Waals surface area contributed by atoms with Gasteiger partial charge in [0, 0.05) is 0 Å². The lowest BCUT2D eigenvalue weighted by atomic mass is 9.94. The fraction of sp³-hybridized carbons (Fsp3) is 0.714. The van der Waals surface area contributed by atoms with Crippen molar-refractivity contribution in [2.45, 2.75) is 30.8 Å². The monoisotopic (exact) mass is 148 g/mol. The first-order chi connectivity index (χ1) is 4.20. The smallest absolute Gasteiger partial charge is 0.102 e. The van der Waals surface area contributed by atoms with E-state index in [1.807, 2.05) is 0 Å². The van der Waals surface area contributed by atoms with Gasteiger partial charge in [0.25, 0.3) is 0 Å². The number of hydrogen-bond donors (Lipinski definition) is 0. The summed E-state index contributed by atoms with van der Waals surface area (Å²) < 4.78 is 12.5. The standard InChI is InChI=1S/C7H10ClF/c1-5-2-3-6(9)4-7(5)8/h6-7H,1-4H2. The molecule has 0 aromatic carbocycles. The van der Waals surface area contributed by atoms with Crippen molar-refractivity contribution in [2.24, 2.45) is 0 Å². The van der Waals surface area contributed by atoms with E-state index in [0.717, 1.165) is 12.0 Å². The lowest BCUT2D eigenvalue weighted by Crippen LogP contribution is -2.17. The van der Waals surface area contributed by atoms with Gasteiger partial charge in [-0.15, -0.1) is 11.6 Å². The maximum absolute atomic E-state index is 12.5. The third kappa shape index (κ3) is 1.68. The highest BCUT2D eigenvalue weighted by Gasteiger charge is 2.21. The van der Waals surface area contributed by atoms with Crippen molar-refractivity contribution in [3.05, 3.63) is 12.2 Å². The molecule has 0 nitrogen and oxygen atoms in total. The molecule has 0 aromatic heterocycles. The fourth-order valence-electron chi connectivity index (χ4n) is 1.01. The van der Waals surface area contributed by atoms with E-state index in [-0.39, 0.29) is 5.38 Å². The Balaban J connectivity index is 2.44. The Kier molecular flexibility index (Phi) is 2.12. The van der Waals surface area contributed by atoms with Gasteiger partial charge < -0.3 is 0 Å². The molecule has 2 atom stereocenters. The zero-order valence-electron chi connectivity index (χ0n) is 5.24. The minimum Gasteiger partial charge on any atom is -0.247 e. The van der Waals surface area contributed by atoms with E-state index in [9.17, 15) is 4.39 Å². The summed E-state index contributed by atoms with van der Waals surface area (Å²) in [5, 5.41) is -0.117. The number of alkyl halides is 2. The Morgan fingerprint density at radius 1 is 1.67 bits per heavy atom. The predicted molar refractivity (Wildman–Crippen MR) is 37.5 cm³/mol. The van der Waals surface area contributed by atoms with Crippen LogP contribution in [0.5, 0.6) is 0 Å². The van der Waals surface area contributed by atoms with Crippen molar-refractivity contribution >= 4 is 11.6 Å². The van der Waals surface area contributed by atoms with Crippen LogP contribution in [0.4, 0.5) is 4.39 Å². The van der Waals surface area contributed by atoms with Crippen LogP contribution in [-0.2, 0) is 0 Å². The van der Waals surface area contributed by atoms with Crippen molar-refractivity contribution in [3.8, 4) is 0 Å². The summed E-state index contributed by atoms with van der Waals surface area (Å²) in [5.74, 6) is 0. The SMILES string of the molecule is C=C1CCC(F)CC1Cl. The summed E-state index contributed by atoms with van der Waals surface area (Å²) in [7, 11) is 0. The van der Waals surface area contributed by atoms with Crippen LogP contribution < -0.4 is 0 Å². The Bertz CT molecular complexity index is 122. The molecule has 0 aliphatic heterocycles. The molecular formula is C7H10ClF. The van der Waals surface area contributed by atoms with Crippen molar-refractivity contribution < 1.29 is 4.39 Å². The highest BCUT2D eigenvalue weighted by Crippen LogP contribution is 2.28. The van der Waals surface area contributed by atoms with Gasteiger partial charge in [-0.05, 0) is 19.3 Å². The van der Waals surface area contributed by atoms with Crippen LogP contribution in [0, 0.1) is 0 Å². The van der Waals surface area contributed by atoms with Crippen LogP contribution in [0.2, 0.25) is 0 Å². The van der Waals surface area contributed by atoms with Crippen molar-refractivity contribution in [3.63, 3.8) is 0 Å². The summed E-state index contributed by atoms with van der Waals surface area (Å²) >= 11 is 5.72. The molecule has 0 N–H and O–H groups in total. The fourth-order valence-corrected chi connectivity index (χ4v) is 1.31. The van der Waals surface area contributed by atoms with Gasteiger partial charge in [0.2, 0.25) is 0 Å². The normalized spacial score (nSPS) is 36.9. The predicted octanol–water partition coefficient (Wildman–Crippen LogP) is 2.67. The maximum Gasteiger partial charge on any atom is 0.102 e. The number of allylic oxidation sites excluding steroid dienone is 1. The van der Waals surface area contributed by atoms with E-state index in [1.54, 1.807) is 0 Å². The zero-order valence-corrected chi connectivity index (χ0v) is 5.99. The molecular weight excluding hydrogens is 139 g/mol. The molecule has 1 rings (SSSR count). The molecule has 1 fully saturated rings. The molecule has 0 aromatic rings. The molecule has 0 saturated heterocycles. The lowest BCUT2D eigenvalue weighted by molar-refractivity contribution is 0.278. The van der Waals surface area contributed by atoms with Gasteiger partial charge in [0.15, 0.2) is 0 Å². The average Bonchev–Trinajstić information content (AvgIpc) is 1.80. The third-order valence-electron chi connectivity index (χ3n) is 1.68. The summed E-state index contributed by atoms with van der Waals surface area (Å²) in [4.78, 5) is 0. The van der Waals surface area contributed by atoms with Gasteiger partial charge in [-0.3, -0.25) is 0 Å². The number of rotatable bonds is 0. The molecule has 2 unspecified atom stereocenters. The van der Waals surface area contributed by atoms with Gasteiger partial charge in [0.05, 0.1) is 5.38 Å². The molecule has 0 heterocycles. The van der Waals surface area contributed by atoms with Crippen LogP contribution in [0.3, 0.4) is 0 Å². The molecule has 0 amide bonds. The molecule has 1 aliphatic rings. The minimum absolute atomic E-state index is 0.117. The summed E-state index contributed by atoms with van der Waals surface area (Å²) in [6, 6.07) is 0. The first kappa shape index (κ1) is 7.07. The second-order valence-electron chi connectivity index (χ2n) is 2.50. The summed E-state index contributed by atoms with van der Waals surface area (Å²) in [5.41, 5.74) is 0.991. The summed E-state index contributed by atoms with van der Waals surface area (Å²) in [6.07, 6.45) is 1.13. The van der Waals surface area contributed by atoms with Crippen LogP contribution in [-0.4, -0.2) is 11.5 Å². The Morgan fingerprint density at radius 3 is 2.78 bits per heavy atom. The lowest BCUT2D eigenvalue weighted by Gasteiger charge is -2.21. The zero-order chi connectivity index (χ0) is 6.85. The molecule has 0 bridgehead atoms. The number of halogens is 2. The molecule has 1 aliphatic carbocycles. The van der Waals surface area contributed by atoms with Gasteiger partial charge in [-0.1, -0.05) is 12.2 Å². The molecule has 52 valence electrons. The number of hydrogen-bond acceptors (Lipinski definition) is 0. The van der Waals surface area contributed by atoms with E-state index in [2.05, 4.69) is 6.58 Å². The van der Waals surface area contributed by atoms with Crippen molar-refractivity contribution in [1.82, 2.24) is 0 Å². The van der Waals surface area contributed by atoms with Crippen LogP contribution in [0.15, 0.2) is 12.2 Å². The quantitative estimate of drug-likeness (QED) is 0.366. The first-order valence-electron chi connectivity index (χ1n) is 3.16. The van der Waals surface area contributed by atoms with Gasteiger partial charge in [-0.2, -0.15) is 0 Å². The average molecular weight is 149 g/mol. The Hall–Kier alpha value is -0.0400. The highest BCUT2D eigenvalue weighted by atomic mass is 35.5. The molecule has 0 spiro atoms. The Labute approximate surface area is 59.7 Å². The second kappa shape index (κ2) is 2.70. The largest absolute Gasteiger partial charge is 0.247 e. The van der Waals surface area contributed by atoms with Crippen molar-refractivity contribution in [1.29, 1.82) is 0 Å². The molecule has 2 heteroatoms. The van der Waals surface area contributed by atoms with Crippen molar-refractivity contribution in [2.75, 3.05) is 0 Å². The minimum atomic E-state index is -0.696.